The Bertz CT molecular complexity index is 831. The van der Waals surface area contributed by atoms with Gasteiger partial charge in [-0.15, -0.1) is 4.72 Å². The molecule has 1 aliphatic rings. The Morgan fingerprint density at radius 2 is 1.79 bits per heavy atom. The van der Waals surface area contributed by atoms with Crippen LogP contribution in [0.1, 0.15) is 64.8 Å². The number of benzene rings is 1. The number of hydrogen-bond donors (Lipinski definition) is 2. The summed E-state index contributed by atoms with van der Waals surface area (Å²) in [6.45, 7) is 9.59. The highest BCUT2D eigenvalue weighted by Crippen LogP contribution is 2.47. The van der Waals surface area contributed by atoms with Gasteiger partial charge < -0.3 is 9.66 Å². The van der Waals surface area contributed by atoms with Crippen molar-refractivity contribution in [3.8, 4) is 11.3 Å². The molecule has 0 saturated heterocycles. The molecule has 0 bridgehead atoms. The molecule has 1 heterocycles. The third kappa shape index (κ3) is 4.57. The van der Waals surface area contributed by atoms with Crippen molar-refractivity contribution >= 4 is 11.4 Å². The fourth-order valence-electron chi connectivity index (χ4n) is 3.22. The number of aliphatic hydroxyl groups excluding tert-OH is 1. The molecule has 0 aliphatic heterocycles. The molecule has 3 unspecified atom stereocenters. The van der Waals surface area contributed by atoms with Crippen LogP contribution < -0.4 is 4.72 Å². The van der Waals surface area contributed by atoms with Gasteiger partial charge in [0.25, 0.3) is 0 Å². The van der Waals surface area contributed by atoms with E-state index >= 15 is 0 Å². The quantitative estimate of drug-likeness (QED) is 0.690. The zero-order valence-electron chi connectivity index (χ0n) is 17.1. The van der Waals surface area contributed by atoms with Gasteiger partial charge in [0.2, 0.25) is 0 Å². The first-order chi connectivity index (χ1) is 13.0. The highest BCUT2D eigenvalue weighted by Gasteiger charge is 2.48. The van der Waals surface area contributed by atoms with Crippen molar-refractivity contribution in [2.45, 2.75) is 63.9 Å². The van der Waals surface area contributed by atoms with Crippen LogP contribution in [0.3, 0.4) is 0 Å². The first kappa shape index (κ1) is 21.2. The molecule has 1 aromatic heterocycles. The summed E-state index contributed by atoms with van der Waals surface area (Å²) in [6, 6.07) is 10.0. The molecule has 28 heavy (non-hydrogen) atoms. The van der Waals surface area contributed by atoms with E-state index < -0.39 is 27.8 Å². The van der Waals surface area contributed by atoms with Gasteiger partial charge in [-0.25, -0.2) is 4.39 Å². The Labute approximate surface area is 169 Å². The van der Waals surface area contributed by atoms with Crippen molar-refractivity contribution in [3.63, 3.8) is 0 Å². The van der Waals surface area contributed by atoms with E-state index in [9.17, 15) is 14.0 Å². The molecule has 152 valence electrons. The van der Waals surface area contributed by atoms with Gasteiger partial charge in [-0.2, -0.15) is 0 Å². The van der Waals surface area contributed by atoms with E-state index in [0.717, 1.165) is 24.0 Å². The Balaban J connectivity index is 2.08. The molecule has 2 N–H and O–H groups in total. The number of pyridine rings is 1. The maximum atomic E-state index is 13.3. The van der Waals surface area contributed by atoms with Gasteiger partial charge >= 0.3 is 0 Å². The standard InChI is InChI=1S/C22H29FN2O2S/c1-14(26)19-12-17(13-20(24-19)15-6-10-18(23)11-7-15)22(5,16-8-9-16)25-28(27)21(2,3)4/h6-7,10-14,16,25-26H,8-9H2,1-5H3. The zero-order valence-corrected chi connectivity index (χ0v) is 17.9. The summed E-state index contributed by atoms with van der Waals surface area (Å²) < 4.78 is 29.2. The summed E-state index contributed by atoms with van der Waals surface area (Å²) in [5, 5.41) is 10.2. The van der Waals surface area contributed by atoms with Crippen molar-refractivity contribution < 1.29 is 14.0 Å². The molecular formula is C22H29FN2O2S. The van der Waals surface area contributed by atoms with Crippen LogP contribution in [0, 0.1) is 11.7 Å². The van der Waals surface area contributed by atoms with Crippen molar-refractivity contribution in [2.75, 3.05) is 0 Å². The summed E-state index contributed by atoms with van der Waals surface area (Å²) >= 11 is -1.24. The van der Waals surface area contributed by atoms with Gasteiger partial charge in [0.15, 0.2) is 0 Å². The van der Waals surface area contributed by atoms with E-state index in [-0.39, 0.29) is 5.82 Å². The van der Waals surface area contributed by atoms with Gasteiger partial charge in [-0.1, -0.05) is 0 Å². The molecule has 0 radical (unpaired) electrons. The molecule has 3 atom stereocenters. The number of nitrogens with zero attached hydrogens (tertiary/aromatic N) is 1. The van der Waals surface area contributed by atoms with Crippen LogP contribution in [0.5, 0.6) is 0 Å². The van der Waals surface area contributed by atoms with E-state index in [1.54, 1.807) is 19.1 Å². The SMILES string of the molecule is CC(O)c1cc(C(C)(N[S+]([O-])C(C)(C)C)C2CC2)cc(-c2ccc(F)cc2)n1. The van der Waals surface area contributed by atoms with Crippen molar-refractivity contribution in [2.24, 2.45) is 5.92 Å². The normalized spacial score (nSPS) is 19.1. The van der Waals surface area contributed by atoms with E-state index in [1.165, 1.54) is 12.1 Å². The first-order valence-corrected chi connectivity index (χ1v) is 10.8. The lowest BCUT2D eigenvalue weighted by Crippen LogP contribution is -2.51. The Morgan fingerprint density at radius 1 is 1.18 bits per heavy atom. The number of nitrogens with one attached hydrogen (secondary N) is 1. The van der Waals surface area contributed by atoms with Gasteiger partial charge in [0.05, 0.1) is 23.0 Å². The van der Waals surface area contributed by atoms with Crippen molar-refractivity contribution in [1.82, 2.24) is 9.71 Å². The first-order valence-electron chi connectivity index (χ1n) is 9.67. The summed E-state index contributed by atoms with van der Waals surface area (Å²) in [4.78, 5) is 4.58. The Morgan fingerprint density at radius 3 is 2.29 bits per heavy atom. The van der Waals surface area contributed by atoms with Crippen molar-refractivity contribution in [3.05, 3.63) is 53.5 Å². The minimum Gasteiger partial charge on any atom is -0.598 e. The maximum absolute atomic E-state index is 13.3. The van der Waals surface area contributed by atoms with Crippen LogP contribution in [0.2, 0.25) is 0 Å². The van der Waals surface area contributed by atoms with Crippen LogP contribution in [0.25, 0.3) is 11.3 Å². The second-order valence-electron chi connectivity index (χ2n) is 8.81. The second-order valence-corrected chi connectivity index (χ2v) is 10.8. The predicted molar refractivity (Wildman–Crippen MR) is 111 cm³/mol. The maximum Gasteiger partial charge on any atom is 0.136 e. The summed E-state index contributed by atoms with van der Waals surface area (Å²) in [7, 11) is 0. The molecule has 4 nitrogen and oxygen atoms in total. The Hall–Kier alpha value is -1.47. The molecule has 1 saturated carbocycles. The molecule has 1 aliphatic carbocycles. The summed E-state index contributed by atoms with van der Waals surface area (Å²) in [6.07, 6.45) is 1.38. The van der Waals surface area contributed by atoms with Crippen LogP contribution >= 0.6 is 0 Å². The second kappa shape index (κ2) is 7.75. The highest BCUT2D eigenvalue weighted by atomic mass is 32.2. The third-order valence-corrected chi connectivity index (χ3v) is 6.99. The van der Waals surface area contributed by atoms with Crippen LogP contribution in [0.15, 0.2) is 36.4 Å². The number of aliphatic hydroxyl groups is 1. The zero-order chi connectivity index (χ0) is 20.7. The van der Waals surface area contributed by atoms with E-state index in [4.69, 9.17) is 0 Å². The average Bonchev–Trinajstić information content (AvgIpc) is 3.46. The molecule has 2 aromatic rings. The lowest BCUT2D eigenvalue weighted by atomic mass is 9.87. The molecule has 3 rings (SSSR count). The van der Waals surface area contributed by atoms with Crippen molar-refractivity contribution in [1.29, 1.82) is 0 Å². The molecule has 0 spiro atoms. The van der Waals surface area contributed by atoms with E-state index in [1.807, 2.05) is 32.9 Å². The number of hydrogen-bond acceptors (Lipinski definition) is 4. The van der Waals surface area contributed by atoms with Crippen LogP contribution in [-0.2, 0) is 16.9 Å². The van der Waals surface area contributed by atoms with Crippen LogP contribution in [-0.4, -0.2) is 19.4 Å². The average molecular weight is 405 g/mol. The molecular weight excluding hydrogens is 375 g/mol. The fraction of sp³-hybridized carbons (Fsp3) is 0.500. The highest BCUT2D eigenvalue weighted by molar-refractivity contribution is 7.90. The fourth-order valence-corrected chi connectivity index (χ4v) is 4.19. The topological polar surface area (TPSA) is 68.2 Å². The van der Waals surface area contributed by atoms with E-state index in [2.05, 4.69) is 16.6 Å². The molecule has 6 heteroatoms. The summed E-state index contributed by atoms with van der Waals surface area (Å²) in [5.41, 5.74) is 2.44. The molecule has 1 fully saturated rings. The van der Waals surface area contributed by atoms with Gasteiger partial charge in [-0.05, 0) is 95.3 Å². The molecule has 0 amide bonds. The van der Waals surface area contributed by atoms with Gasteiger partial charge in [0.1, 0.15) is 10.6 Å². The number of rotatable bonds is 6. The van der Waals surface area contributed by atoms with E-state index in [0.29, 0.717) is 17.3 Å². The monoisotopic (exact) mass is 404 g/mol. The number of halogens is 1. The smallest absolute Gasteiger partial charge is 0.136 e. The minimum atomic E-state index is -1.24. The lowest BCUT2D eigenvalue weighted by Gasteiger charge is -2.36. The lowest BCUT2D eigenvalue weighted by molar-refractivity contribution is 0.194. The third-order valence-electron chi connectivity index (χ3n) is 5.27. The van der Waals surface area contributed by atoms with Crippen LogP contribution in [0.4, 0.5) is 4.39 Å². The van der Waals surface area contributed by atoms with Gasteiger partial charge in [0, 0.05) is 16.9 Å². The molecule has 1 aromatic carbocycles. The minimum absolute atomic E-state index is 0.305. The predicted octanol–water partition coefficient (Wildman–Crippen LogP) is 4.62. The number of aromatic nitrogens is 1. The summed E-state index contributed by atoms with van der Waals surface area (Å²) in [5.74, 6) is 0.0600. The largest absolute Gasteiger partial charge is 0.598 e. The van der Waals surface area contributed by atoms with Gasteiger partial charge in [-0.3, -0.25) is 4.98 Å². The Kier molecular flexibility index (Phi) is 5.88.